The highest BCUT2D eigenvalue weighted by Gasteiger charge is 2.46. The molecule has 0 aliphatic heterocycles. The van der Waals surface area contributed by atoms with Gasteiger partial charge >= 0.3 is 0 Å². The molecule has 0 saturated heterocycles. The third kappa shape index (κ3) is 1.41. The van der Waals surface area contributed by atoms with E-state index in [1.807, 2.05) is 6.26 Å². The van der Waals surface area contributed by atoms with E-state index in [0.29, 0.717) is 0 Å². The first-order valence-corrected chi connectivity index (χ1v) is 5.28. The summed E-state index contributed by atoms with van der Waals surface area (Å²) in [5.41, 5.74) is 1.54. The third-order valence-electron chi connectivity index (χ3n) is 3.34. The molecule has 0 N–H and O–H groups in total. The van der Waals surface area contributed by atoms with Gasteiger partial charge in [-0.1, -0.05) is 19.1 Å². The number of fused-ring (bicyclic) bond motifs is 2. The minimum absolute atomic E-state index is 0.0936. The van der Waals surface area contributed by atoms with E-state index in [0.717, 1.165) is 12.3 Å². The fourth-order valence-electron chi connectivity index (χ4n) is 2.53. The molecular weight excluding hydrogens is 160 g/mol. The molecule has 0 heterocycles. The molecule has 2 unspecified atom stereocenters. The maximum Gasteiger partial charge on any atom is 0.129 e. The Hall–Kier alpha value is -0.720. The van der Waals surface area contributed by atoms with Crippen LogP contribution in [0.1, 0.15) is 39.5 Å². The van der Waals surface area contributed by atoms with Crippen LogP contribution in [-0.4, -0.2) is 5.60 Å². The van der Waals surface area contributed by atoms with Crippen LogP contribution in [0.25, 0.3) is 0 Å². The molecule has 0 aromatic heterocycles. The van der Waals surface area contributed by atoms with Gasteiger partial charge in [0.1, 0.15) is 5.60 Å². The topological polar surface area (TPSA) is 9.23 Å². The molecular formula is C12H18O. The quantitative estimate of drug-likeness (QED) is 0.475. The zero-order valence-electron chi connectivity index (χ0n) is 8.55. The van der Waals surface area contributed by atoms with E-state index in [2.05, 4.69) is 26.0 Å². The Morgan fingerprint density at radius 1 is 1.69 bits per heavy atom. The van der Waals surface area contributed by atoms with Crippen LogP contribution in [0.2, 0.25) is 0 Å². The highest BCUT2D eigenvalue weighted by molar-refractivity contribution is 5.27. The number of allylic oxidation sites excluding steroid dienone is 2. The highest BCUT2D eigenvalue weighted by Crippen LogP contribution is 2.49. The predicted octanol–water partition coefficient (Wildman–Crippen LogP) is 3.43. The van der Waals surface area contributed by atoms with Crippen molar-refractivity contribution in [3.05, 3.63) is 24.0 Å². The molecule has 2 rings (SSSR count). The summed E-state index contributed by atoms with van der Waals surface area (Å²) in [5, 5.41) is 0. The molecule has 13 heavy (non-hydrogen) atoms. The van der Waals surface area contributed by atoms with Gasteiger partial charge in [-0.05, 0) is 44.1 Å². The summed E-state index contributed by atoms with van der Waals surface area (Å²) in [6.45, 7) is 4.34. The van der Waals surface area contributed by atoms with Crippen LogP contribution < -0.4 is 0 Å². The smallest absolute Gasteiger partial charge is 0.129 e. The van der Waals surface area contributed by atoms with Gasteiger partial charge in [-0.3, -0.25) is 0 Å². The van der Waals surface area contributed by atoms with Gasteiger partial charge in [-0.25, -0.2) is 0 Å². The third-order valence-corrected chi connectivity index (χ3v) is 3.34. The largest absolute Gasteiger partial charge is 0.491 e. The SMILES string of the molecule is CCC=COC12CCC(C=C1C)C2. The lowest BCUT2D eigenvalue weighted by Gasteiger charge is -2.27. The summed E-state index contributed by atoms with van der Waals surface area (Å²) in [5.74, 6) is 0.801. The molecule has 2 atom stereocenters. The summed E-state index contributed by atoms with van der Waals surface area (Å²) in [6, 6.07) is 0. The monoisotopic (exact) mass is 178 g/mol. The maximum atomic E-state index is 5.89. The molecule has 0 radical (unpaired) electrons. The van der Waals surface area contributed by atoms with Crippen LogP contribution in [0.15, 0.2) is 24.0 Å². The molecule has 0 spiro atoms. The van der Waals surface area contributed by atoms with Crippen molar-refractivity contribution in [2.75, 3.05) is 0 Å². The second kappa shape index (κ2) is 3.21. The Morgan fingerprint density at radius 3 is 3.08 bits per heavy atom. The molecule has 2 aliphatic rings. The molecule has 1 heteroatoms. The highest BCUT2D eigenvalue weighted by atomic mass is 16.5. The summed E-state index contributed by atoms with van der Waals surface area (Å²) in [4.78, 5) is 0. The first-order chi connectivity index (χ1) is 6.27. The van der Waals surface area contributed by atoms with Crippen LogP contribution in [0, 0.1) is 5.92 Å². The predicted molar refractivity (Wildman–Crippen MR) is 54.3 cm³/mol. The summed E-state index contributed by atoms with van der Waals surface area (Å²) < 4.78 is 5.89. The molecule has 72 valence electrons. The lowest BCUT2D eigenvalue weighted by molar-refractivity contribution is 0.0666. The Labute approximate surface area is 80.5 Å². The molecule has 0 aromatic carbocycles. The van der Waals surface area contributed by atoms with E-state index < -0.39 is 0 Å². The zero-order valence-corrected chi connectivity index (χ0v) is 8.55. The number of hydrogen-bond donors (Lipinski definition) is 0. The van der Waals surface area contributed by atoms with Gasteiger partial charge in [-0.15, -0.1) is 0 Å². The summed E-state index contributed by atoms with van der Waals surface area (Å²) in [7, 11) is 0. The van der Waals surface area contributed by atoms with Crippen molar-refractivity contribution in [1.29, 1.82) is 0 Å². The van der Waals surface area contributed by atoms with Gasteiger partial charge in [0, 0.05) is 0 Å². The van der Waals surface area contributed by atoms with Crippen molar-refractivity contribution < 1.29 is 4.74 Å². The van der Waals surface area contributed by atoms with E-state index in [9.17, 15) is 0 Å². The van der Waals surface area contributed by atoms with E-state index >= 15 is 0 Å². The maximum absolute atomic E-state index is 5.89. The lowest BCUT2D eigenvalue weighted by Crippen LogP contribution is -2.26. The van der Waals surface area contributed by atoms with Crippen LogP contribution in [0.5, 0.6) is 0 Å². The Balaban J connectivity index is 2.04. The van der Waals surface area contributed by atoms with Crippen molar-refractivity contribution in [2.24, 2.45) is 5.92 Å². The molecule has 1 fully saturated rings. The standard InChI is InChI=1S/C12H18O/c1-3-4-7-13-12-6-5-11(9-12)8-10(12)2/h4,7-8,11H,3,5-6,9H2,1-2H3. The lowest BCUT2D eigenvalue weighted by atomic mass is 9.95. The number of hydrogen-bond acceptors (Lipinski definition) is 1. The second-order valence-corrected chi connectivity index (χ2v) is 4.24. The van der Waals surface area contributed by atoms with Crippen molar-refractivity contribution in [2.45, 2.75) is 45.1 Å². The van der Waals surface area contributed by atoms with Crippen LogP contribution in [0.3, 0.4) is 0 Å². The van der Waals surface area contributed by atoms with Crippen LogP contribution in [0.4, 0.5) is 0 Å². The Bertz CT molecular complexity index is 252. The van der Waals surface area contributed by atoms with E-state index in [4.69, 9.17) is 4.74 Å². The molecule has 2 bridgehead atoms. The van der Waals surface area contributed by atoms with Crippen molar-refractivity contribution >= 4 is 0 Å². The fraction of sp³-hybridized carbons (Fsp3) is 0.667. The first-order valence-electron chi connectivity index (χ1n) is 5.28. The van der Waals surface area contributed by atoms with Crippen molar-refractivity contribution in [1.82, 2.24) is 0 Å². The first kappa shape index (κ1) is 8.86. The summed E-state index contributed by atoms with van der Waals surface area (Å²) in [6.07, 6.45) is 11.2. The molecule has 0 aromatic rings. The zero-order chi connectivity index (χ0) is 9.31. The van der Waals surface area contributed by atoms with Gasteiger partial charge < -0.3 is 4.74 Å². The van der Waals surface area contributed by atoms with Crippen molar-refractivity contribution in [3.8, 4) is 0 Å². The fourth-order valence-corrected chi connectivity index (χ4v) is 2.53. The van der Waals surface area contributed by atoms with E-state index in [1.165, 1.54) is 24.8 Å². The number of ether oxygens (including phenoxy) is 1. The van der Waals surface area contributed by atoms with Crippen LogP contribution >= 0.6 is 0 Å². The van der Waals surface area contributed by atoms with E-state index in [-0.39, 0.29) is 5.60 Å². The van der Waals surface area contributed by atoms with Crippen molar-refractivity contribution in [3.63, 3.8) is 0 Å². The van der Waals surface area contributed by atoms with Gasteiger partial charge in [0.15, 0.2) is 0 Å². The van der Waals surface area contributed by atoms with Gasteiger partial charge in [-0.2, -0.15) is 0 Å². The minimum atomic E-state index is 0.0936. The normalized spacial score (nSPS) is 37.1. The Kier molecular flexibility index (Phi) is 2.19. The van der Waals surface area contributed by atoms with Gasteiger partial charge in [0.2, 0.25) is 0 Å². The van der Waals surface area contributed by atoms with E-state index in [1.54, 1.807) is 0 Å². The van der Waals surface area contributed by atoms with Gasteiger partial charge in [0.05, 0.1) is 6.26 Å². The molecule has 1 nitrogen and oxygen atoms in total. The second-order valence-electron chi connectivity index (χ2n) is 4.24. The average Bonchev–Trinajstić information content (AvgIpc) is 2.62. The van der Waals surface area contributed by atoms with Crippen LogP contribution in [-0.2, 0) is 4.74 Å². The summed E-state index contributed by atoms with van der Waals surface area (Å²) >= 11 is 0. The number of rotatable bonds is 3. The molecule has 1 saturated carbocycles. The molecule has 0 amide bonds. The molecule has 2 aliphatic carbocycles. The van der Waals surface area contributed by atoms with Gasteiger partial charge in [0.25, 0.3) is 0 Å². The minimum Gasteiger partial charge on any atom is -0.491 e. The Morgan fingerprint density at radius 2 is 2.54 bits per heavy atom. The average molecular weight is 178 g/mol.